The Kier molecular flexibility index (Phi) is 5.98. The second-order valence-corrected chi connectivity index (χ2v) is 7.80. The Labute approximate surface area is 172 Å². The summed E-state index contributed by atoms with van der Waals surface area (Å²) >= 11 is 0. The highest BCUT2D eigenvalue weighted by atomic mass is 32.2. The third-order valence-electron chi connectivity index (χ3n) is 4.08. The van der Waals surface area contributed by atoms with E-state index in [1.54, 1.807) is 24.3 Å². The lowest BCUT2D eigenvalue weighted by molar-refractivity contribution is -0.384. The second kappa shape index (κ2) is 8.62. The molecule has 0 aliphatic heterocycles. The van der Waals surface area contributed by atoms with Gasteiger partial charge >= 0.3 is 0 Å². The van der Waals surface area contributed by atoms with Crippen molar-refractivity contribution in [3.05, 3.63) is 88.5 Å². The molecule has 0 bridgehead atoms. The summed E-state index contributed by atoms with van der Waals surface area (Å²) in [4.78, 5) is 22.5. The van der Waals surface area contributed by atoms with Gasteiger partial charge in [-0.2, -0.15) is 0 Å². The summed E-state index contributed by atoms with van der Waals surface area (Å²) in [6, 6.07) is 17.2. The molecule has 0 spiro atoms. The fourth-order valence-corrected chi connectivity index (χ4v) is 3.65. The highest BCUT2D eigenvalue weighted by Crippen LogP contribution is 2.21. The van der Waals surface area contributed by atoms with Crippen LogP contribution in [0.3, 0.4) is 0 Å². The van der Waals surface area contributed by atoms with Gasteiger partial charge in [0.25, 0.3) is 21.6 Å². The zero-order valence-corrected chi connectivity index (χ0v) is 16.5. The maximum atomic E-state index is 12.7. The smallest absolute Gasteiger partial charge is 0.269 e. The van der Waals surface area contributed by atoms with Crippen LogP contribution in [0.15, 0.2) is 77.7 Å². The molecule has 3 aromatic carbocycles. The second-order valence-electron chi connectivity index (χ2n) is 6.12. The van der Waals surface area contributed by atoms with Crippen LogP contribution in [-0.4, -0.2) is 26.4 Å². The van der Waals surface area contributed by atoms with Gasteiger partial charge in [0.1, 0.15) is 5.75 Å². The summed E-state index contributed by atoms with van der Waals surface area (Å²) in [5.41, 5.74) is 0.698. The topological polar surface area (TPSA) is 128 Å². The maximum absolute atomic E-state index is 12.7. The molecule has 0 aromatic heterocycles. The molecule has 154 valence electrons. The minimum Gasteiger partial charge on any atom is -0.497 e. The van der Waals surface area contributed by atoms with Crippen LogP contribution in [0.2, 0.25) is 0 Å². The molecule has 0 heterocycles. The van der Waals surface area contributed by atoms with Crippen molar-refractivity contribution in [2.24, 2.45) is 0 Å². The van der Waals surface area contributed by atoms with E-state index in [0.717, 1.165) is 0 Å². The lowest BCUT2D eigenvalue weighted by atomic mass is 10.2. The van der Waals surface area contributed by atoms with Gasteiger partial charge < -0.3 is 10.1 Å². The van der Waals surface area contributed by atoms with Crippen LogP contribution in [0.4, 0.5) is 17.1 Å². The molecule has 10 heteroatoms. The molecule has 0 aliphatic rings. The molecule has 3 rings (SSSR count). The number of hydrogen-bond donors (Lipinski definition) is 2. The summed E-state index contributed by atoms with van der Waals surface area (Å²) in [6.45, 7) is 0. The van der Waals surface area contributed by atoms with Gasteiger partial charge in [-0.05, 0) is 54.6 Å². The van der Waals surface area contributed by atoms with Gasteiger partial charge in [-0.3, -0.25) is 19.6 Å². The van der Waals surface area contributed by atoms with Crippen molar-refractivity contribution in [1.82, 2.24) is 0 Å². The molecule has 0 atom stereocenters. The molecule has 1 amide bonds. The fraction of sp³-hybridized carbons (Fsp3) is 0.0500. The molecular formula is C20H17N3O6S. The molecule has 9 nitrogen and oxygen atoms in total. The monoisotopic (exact) mass is 427 g/mol. The molecule has 0 radical (unpaired) electrons. The standard InChI is InChI=1S/C20H17N3O6S/c1-29-18-11-7-16(8-12-18)22-30(27,28)19-4-2-3-14(13-19)20(24)21-15-5-9-17(10-6-15)23(25)26/h2-13,22H,1H3,(H,21,24). The Hall–Kier alpha value is -3.92. The summed E-state index contributed by atoms with van der Waals surface area (Å²) in [5.74, 6) is 0.0354. The van der Waals surface area contributed by atoms with Crippen molar-refractivity contribution in [3.8, 4) is 5.75 Å². The zero-order chi connectivity index (χ0) is 21.7. The first-order chi connectivity index (χ1) is 14.3. The highest BCUT2D eigenvalue weighted by Gasteiger charge is 2.17. The number of ether oxygens (including phenoxy) is 1. The summed E-state index contributed by atoms with van der Waals surface area (Å²) < 4.78 is 32.8. The quantitative estimate of drug-likeness (QED) is 0.437. The summed E-state index contributed by atoms with van der Waals surface area (Å²) in [6.07, 6.45) is 0. The zero-order valence-electron chi connectivity index (χ0n) is 15.7. The Bertz CT molecular complexity index is 1180. The van der Waals surface area contributed by atoms with Gasteiger partial charge in [-0.25, -0.2) is 8.42 Å². The normalized spacial score (nSPS) is 10.8. The van der Waals surface area contributed by atoms with E-state index in [9.17, 15) is 23.3 Å². The van der Waals surface area contributed by atoms with Crippen molar-refractivity contribution in [3.63, 3.8) is 0 Å². The molecule has 0 saturated heterocycles. The van der Waals surface area contributed by atoms with E-state index in [2.05, 4.69) is 10.0 Å². The van der Waals surface area contributed by atoms with Gasteiger partial charge in [0, 0.05) is 29.1 Å². The molecule has 0 unspecified atom stereocenters. The molecule has 0 aliphatic carbocycles. The molecule has 0 fully saturated rings. The first kappa shape index (κ1) is 20.8. The summed E-state index contributed by atoms with van der Waals surface area (Å²) in [7, 11) is -2.42. The average molecular weight is 427 g/mol. The van der Waals surface area contributed by atoms with Gasteiger partial charge in [0.2, 0.25) is 0 Å². The van der Waals surface area contributed by atoms with Crippen molar-refractivity contribution in [2.45, 2.75) is 4.90 Å². The highest BCUT2D eigenvalue weighted by molar-refractivity contribution is 7.92. The lowest BCUT2D eigenvalue weighted by Crippen LogP contribution is -2.16. The van der Waals surface area contributed by atoms with Crippen LogP contribution in [0.1, 0.15) is 10.4 Å². The Balaban J connectivity index is 1.76. The molecule has 30 heavy (non-hydrogen) atoms. The van der Waals surface area contributed by atoms with Crippen LogP contribution in [0, 0.1) is 10.1 Å². The van der Waals surface area contributed by atoms with Gasteiger partial charge in [0.05, 0.1) is 16.9 Å². The van der Waals surface area contributed by atoms with Gasteiger partial charge in [0.15, 0.2) is 0 Å². The first-order valence-corrected chi connectivity index (χ1v) is 10.1. The largest absolute Gasteiger partial charge is 0.497 e. The number of benzene rings is 3. The van der Waals surface area contributed by atoms with Crippen molar-refractivity contribution < 1.29 is 22.9 Å². The summed E-state index contributed by atoms with van der Waals surface area (Å²) in [5, 5.41) is 13.3. The van der Waals surface area contributed by atoms with Crippen LogP contribution in [0.5, 0.6) is 5.75 Å². The minimum absolute atomic E-state index is 0.0883. The Morgan fingerprint density at radius 1 is 0.967 bits per heavy atom. The van der Waals surface area contributed by atoms with E-state index in [-0.39, 0.29) is 16.1 Å². The molecule has 2 N–H and O–H groups in total. The SMILES string of the molecule is COc1ccc(NS(=O)(=O)c2cccc(C(=O)Nc3ccc([N+](=O)[O-])cc3)c2)cc1. The number of carbonyl (C=O) groups is 1. The Morgan fingerprint density at radius 2 is 1.60 bits per heavy atom. The number of rotatable bonds is 7. The van der Waals surface area contributed by atoms with Gasteiger partial charge in [-0.15, -0.1) is 0 Å². The predicted octanol–water partition coefficient (Wildman–Crippen LogP) is 3.66. The van der Waals surface area contributed by atoms with Crippen LogP contribution < -0.4 is 14.8 Å². The van der Waals surface area contributed by atoms with E-state index >= 15 is 0 Å². The molecule has 0 saturated carbocycles. The predicted molar refractivity (Wildman–Crippen MR) is 111 cm³/mol. The third kappa shape index (κ3) is 4.92. The van der Waals surface area contributed by atoms with Crippen molar-refractivity contribution in [2.75, 3.05) is 17.1 Å². The molecular weight excluding hydrogens is 410 g/mol. The number of amides is 1. The van der Waals surface area contributed by atoms with E-state index in [4.69, 9.17) is 4.74 Å². The van der Waals surface area contributed by atoms with Crippen LogP contribution in [0.25, 0.3) is 0 Å². The number of nitro benzene ring substituents is 1. The van der Waals surface area contributed by atoms with Crippen LogP contribution >= 0.6 is 0 Å². The average Bonchev–Trinajstić information content (AvgIpc) is 2.74. The minimum atomic E-state index is -3.92. The fourth-order valence-electron chi connectivity index (χ4n) is 2.55. The van der Waals surface area contributed by atoms with E-state index in [1.165, 1.54) is 55.6 Å². The van der Waals surface area contributed by atoms with E-state index < -0.39 is 20.9 Å². The molecule has 3 aromatic rings. The first-order valence-electron chi connectivity index (χ1n) is 8.61. The number of anilines is 2. The number of hydrogen-bond acceptors (Lipinski definition) is 6. The van der Waals surface area contributed by atoms with E-state index in [1.807, 2.05) is 0 Å². The maximum Gasteiger partial charge on any atom is 0.269 e. The number of non-ortho nitro benzene ring substituents is 1. The van der Waals surface area contributed by atoms with Crippen molar-refractivity contribution in [1.29, 1.82) is 0 Å². The van der Waals surface area contributed by atoms with E-state index in [0.29, 0.717) is 17.1 Å². The van der Waals surface area contributed by atoms with Crippen molar-refractivity contribution >= 4 is 33.0 Å². The van der Waals surface area contributed by atoms with Gasteiger partial charge in [-0.1, -0.05) is 6.07 Å². The third-order valence-corrected chi connectivity index (χ3v) is 5.46. The number of carbonyl (C=O) groups excluding carboxylic acids is 1. The Morgan fingerprint density at radius 3 is 2.20 bits per heavy atom. The number of nitrogens with zero attached hydrogens (tertiary/aromatic N) is 1. The number of nitro groups is 1. The number of nitrogens with one attached hydrogen (secondary N) is 2. The lowest BCUT2D eigenvalue weighted by Gasteiger charge is -2.10. The number of methoxy groups -OCH3 is 1. The number of sulfonamides is 1. The van der Waals surface area contributed by atoms with Crippen LogP contribution in [-0.2, 0) is 10.0 Å².